The molecule has 2 nitrogen and oxygen atoms in total. The van der Waals surface area contributed by atoms with E-state index < -0.39 is 0 Å². The van der Waals surface area contributed by atoms with Crippen LogP contribution in [0.5, 0.6) is 0 Å². The van der Waals surface area contributed by atoms with E-state index in [2.05, 4.69) is 6.92 Å². The summed E-state index contributed by atoms with van der Waals surface area (Å²) in [5.41, 5.74) is 6.89. The molecule has 4 unspecified atom stereocenters. The van der Waals surface area contributed by atoms with Gasteiger partial charge in [-0.1, -0.05) is 19.8 Å². The molecule has 3 aliphatic rings. The molecule has 0 radical (unpaired) electrons. The van der Waals surface area contributed by atoms with Gasteiger partial charge in [-0.2, -0.15) is 0 Å². The lowest BCUT2D eigenvalue weighted by atomic mass is 9.67. The summed E-state index contributed by atoms with van der Waals surface area (Å²) < 4.78 is 6.03. The van der Waals surface area contributed by atoms with Crippen molar-refractivity contribution in [3.8, 4) is 0 Å². The van der Waals surface area contributed by atoms with Crippen LogP contribution in [-0.2, 0) is 4.74 Å². The Bertz CT molecular complexity index is 287. The Morgan fingerprint density at radius 2 is 1.94 bits per heavy atom. The number of ether oxygens (including phenoxy) is 1. The van der Waals surface area contributed by atoms with Gasteiger partial charge in [0.15, 0.2) is 0 Å². The normalized spacial score (nSPS) is 41.3. The van der Waals surface area contributed by atoms with Gasteiger partial charge in [-0.15, -0.1) is 0 Å². The molecule has 3 rings (SSSR count). The van der Waals surface area contributed by atoms with Crippen molar-refractivity contribution in [3.05, 3.63) is 0 Å². The fraction of sp³-hybridized carbons (Fsp3) is 1.00. The lowest BCUT2D eigenvalue weighted by molar-refractivity contribution is -0.148. The molecule has 0 bridgehead atoms. The summed E-state index contributed by atoms with van der Waals surface area (Å²) in [6.45, 7) is 3.36. The molecule has 0 aromatic rings. The smallest absolute Gasteiger partial charge is 0.0685 e. The van der Waals surface area contributed by atoms with Gasteiger partial charge in [0, 0.05) is 12.6 Å². The molecule has 104 valence electrons. The minimum Gasteiger partial charge on any atom is -0.375 e. The molecule has 2 saturated carbocycles. The summed E-state index contributed by atoms with van der Waals surface area (Å²) in [6.07, 6.45) is 11.9. The lowest BCUT2D eigenvalue weighted by Crippen LogP contribution is -2.51. The van der Waals surface area contributed by atoms with Gasteiger partial charge in [0.2, 0.25) is 0 Å². The van der Waals surface area contributed by atoms with Crippen LogP contribution in [0.25, 0.3) is 0 Å². The fourth-order valence-corrected chi connectivity index (χ4v) is 4.53. The SMILES string of the molecule is CC1CCCC(C(N)C2CCOC3(CCC3)C2)C1. The highest BCUT2D eigenvalue weighted by Crippen LogP contribution is 2.46. The summed E-state index contributed by atoms with van der Waals surface area (Å²) in [7, 11) is 0. The van der Waals surface area contributed by atoms with Gasteiger partial charge in [0.05, 0.1) is 5.60 Å². The topological polar surface area (TPSA) is 35.2 Å². The van der Waals surface area contributed by atoms with Crippen LogP contribution in [0, 0.1) is 17.8 Å². The fourth-order valence-electron chi connectivity index (χ4n) is 4.53. The Balaban J connectivity index is 1.59. The second kappa shape index (κ2) is 5.13. The van der Waals surface area contributed by atoms with Crippen molar-refractivity contribution in [2.75, 3.05) is 6.61 Å². The average molecular weight is 251 g/mol. The van der Waals surface area contributed by atoms with Crippen LogP contribution >= 0.6 is 0 Å². The van der Waals surface area contributed by atoms with Gasteiger partial charge in [0.25, 0.3) is 0 Å². The van der Waals surface area contributed by atoms with Gasteiger partial charge < -0.3 is 10.5 Å². The Labute approximate surface area is 112 Å². The van der Waals surface area contributed by atoms with Crippen molar-refractivity contribution in [1.29, 1.82) is 0 Å². The Kier molecular flexibility index (Phi) is 3.68. The Hall–Kier alpha value is -0.0800. The van der Waals surface area contributed by atoms with Crippen molar-refractivity contribution in [1.82, 2.24) is 0 Å². The Morgan fingerprint density at radius 3 is 2.61 bits per heavy atom. The molecular weight excluding hydrogens is 222 g/mol. The first-order valence-electron chi connectivity index (χ1n) is 8.08. The van der Waals surface area contributed by atoms with E-state index in [0.29, 0.717) is 6.04 Å². The van der Waals surface area contributed by atoms with Gasteiger partial charge >= 0.3 is 0 Å². The van der Waals surface area contributed by atoms with Crippen LogP contribution < -0.4 is 5.73 Å². The molecule has 2 aliphatic carbocycles. The van der Waals surface area contributed by atoms with Crippen LogP contribution in [-0.4, -0.2) is 18.2 Å². The quantitative estimate of drug-likeness (QED) is 0.815. The zero-order valence-electron chi connectivity index (χ0n) is 11.9. The molecule has 1 spiro atoms. The van der Waals surface area contributed by atoms with Crippen LogP contribution in [0.3, 0.4) is 0 Å². The van der Waals surface area contributed by atoms with Crippen molar-refractivity contribution in [2.45, 2.75) is 76.4 Å². The van der Waals surface area contributed by atoms with Crippen molar-refractivity contribution < 1.29 is 4.74 Å². The third-order valence-corrected chi connectivity index (χ3v) is 5.86. The highest BCUT2D eigenvalue weighted by Gasteiger charge is 2.44. The summed E-state index contributed by atoms with van der Waals surface area (Å²) >= 11 is 0. The highest BCUT2D eigenvalue weighted by atomic mass is 16.5. The number of rotatable bonds is 2. The molecule has 18 heavy (non-hydrogen) atoms. The minimum atomic E-state index is 0.265. The molecule has 4 atom stereocenters. The summed E-state index contributed by atoms with van der Waals surface area (Å²) in [6, 6.07) is 0.439. The first-order valence-corrected chi connectivity index (χ1v) is 8.08. The zero-order chi connectivity index (χ0) is 12.6. The lowest BCUT2D eigenvalue weighted by Gasteiger charge is -2.49. The molecule has 1 heterocycles. The molecule has 2 heteroatoms. The molecule has 2 N–H and O–H groups in total. The average Bonchev–Trinajstić information content (AvgIpc) is 2.36. The molecule has 0 aromatic heterocycles. The van der Waals surface area contributed by atoms with Crippen LogP contribution in [0.1, 0.15) is 64.7 Å². The van der Waals surface area contributed by atoms with E-state index in [0.717, 1.165) is 24.4 Å². The highest BCUT2D eigenvalue weighted by molar-refractivity contribution is 4.97. The number of hydrogen-bond donors (Lipinski definition) is 1. The molecular formula is C16H29NO. The van der Waals surface area contributed by atoms with Gasteiger partial charge in [-0.05, 0) is 62.7 Å². The van der Waals surface area contributed by atoms with Crippen LogP contribution in [0.4, 0.5) is 0 Å². The third kappa shape index (κ3) is 2.46. The minimum absolute atomic E-state index is 0.265. The van der Waals surface area contributed by atoms with E-state index in [1.54, 1.807) is 0 Å². The van der Waals surface area contributed by atoms with Gasteiger partial charge in [0.1, 0.15) is 0 Å². The van der Waals surface area contributed by atoms with Crippen LogP contribution in [0.2, 0.25) is 0 Å². The van der Waals surface area contributed by atoms with Crippen molar-refractivity contribution >= 4 is 0 Å². The molecule has 0 amide bonds. The maximum atomic E-state index is 6.63. The largest absolute Gasteiger partial charge is 0.375 e. The predicted octanol–water partition coefficient (Wildman–Crippen LogP) is 3.49. The van der Waals surface area contributed by atoms with E-state index in [4.69, 9.17) is 10.5 Å². The van der Waals surface area contributed by atoms with E-state index in [1.165, 1.54) is 57.8 Å². The summed E-state index contributed by atoms with van der Waals surface area (Å²) in [5.74, 6) is 2.41. The maximum Gasteiger partial charge on any atom is 0.0685 e. The number of hydrogen-bond acceptors (Lipinski definition) is 2. The van der Waals surface area contributed by atoms with Crippen molar-refractivity contribution in [2.24, 2.45) is 23.5 Å². The number of nitrogens with two attached hydrogens (primary N) is 1. The first kappa shape index (κ1) is 12.9. The predicted molar refractivity (Wildman–Crippen MR) is 74.4 cm³/mol. The van der Waals surface area contributed by atoms with Crippen LogP contribution in [0.15, 0.2) is 0 Å². The second-order valence-corrected chi connectivity index (χ2v) is 7.25. The zero-order valence-corrected chi connectivity index (χ0v) is 11.9. The summed E-state index contributed by atoms with van der Waals surface area (Å²) in [4.78, 5) is 0. The third-order valence-electron chi connectivity index (χ3n) is 5.86. The van der Waals surface area contributed by atoms with E-state index >= 15 is 0 Å². The molecule has 1 aliphatic heterocycles. The van der Waals surface area contributed by atoms with E-state index in [-0.39, 0.29) is 5.60 Å². The molecule has 0 aromatic carbocycles. The summed E-state index contributed by atoms with van der Waals surface area (Å²) in [5, 5.41) is 0. The Morgan fingerprint density at radius 1 is 1.11 bits per heavy atom. The molecule has 1 saturated heterocycles. The van der Waals surface area contributed by atoms with E-state index in [1.807, 2.05) is 0 Å². The maximum absolute atomic E-state index is 6.63. The van der Waals surface area contributed by atoms with Gasteiger partial charge in [-0.3, -0.25) is 0 Å². The van der Waals surface area contributed by atoms with Gasteiger partial charge in [-0.25, -0.2) is 0 Å². The molecule has 3 fully saturated rings. The second-order valence-electron chi connectivity index (χ2n) is 7.25. The van der Waals surface area contributed by atoms with E-state index in [9.17, 15) is 0 Å². The standard InChI is InChI=1S/C16H29NO/c1-12-4-2-5-13(10-12)15(17)14-6-9-18-16(11-14)7-3-8-16/h12-15H,2-11,17H2,1H3. The van der Waals surface area contributed by atoms with Crippen molar-refractivity contribution in [3.63, 3.8) is 0 Å². The first-order chi connectivity index (χ1) is 8.69. The monoisotopic (exact) mass is 251 g/mol.